The van der Waals surface area contributed by atoms with E-state index in [9.17, 15) is 0 Å². The van der Waals surface area contributed by atoms with Gasteiger partial charge in [0.05, 0.1) is 6.54 Å². The first-order valence-corrected chi connectivity index (χ1v) is 3.40. The number of hydrogen-bond acceptors (Lipinski definition) is 3. The average Bonchev–Trinajstić information content (AvgIpc) is 2.46. The fourth-order valence-electron chi connectivity index (χ4n) is 0.964. The van der Waals surface area contributed by atoms with Gasteiger partial charge in [0.2, 0.25) is 0 Å². The Morgan fingerprint density at radius 2 is 2.08 bits per heavy atom. The lowest BCUT2D eigenvalue weighted by molar-refractivity contribution is 0.869. The van der Waals surface area contributed by atoms with Crippen molar-refractivity contribution in [2.24, 2.45) is 5.73 Å². The molecule has 0 spiro atoms. The summed E-state index contributed by atoms with van der Waals surface area (Å²) in [4.78, 5) is 4.16. The van der Waals surface area contributed by atoms with Gasteiger partial charge in [-0.05, 0) is 12.1 Å². The number of nitrogens with zero attached hydrogens (tertiary/aromatic N) is 3. The quantitative estimate of drug-likeness (QED) is 0.782. The van der Waals surface area contributed by atoms with E-state index in [1.165, 1.54) is 0 Å². The lowest BCUT2D eigenvalue weighted by Crippen LogP contribution is -1.98. The first-order chi connectivity index (χ1) is 5.40. The smallest absolute Gasteiger partial charge is 0.165 e. The van der Waals surface area contributed by atoms with Crippen LogP contribution >= 0.6 is 24.8 Å². The molecule has 0 radical (unpaired) electrons. The van der Waals surface area contributed by atoms with Crippen molar-refractivity contribution < 1.29 is 0 Å². The molecule has 0 aromatic carbocycles. The number of hydrogen-bond donors (Lipinski definition) is 1. The standard InChI is InChI=1S/C7H8N4.2ClH/c8-5-6-9-7-3-1-2-4-11(7)10-6;;/h1-4H,5,8H2;2*1H. The predicted molar refractivity (Wildman–Crippen MR) is 55.4 cm³/mol. The van der Waals surface area contributed by atoms with E-state index in [0.29, 0.717) is 12.4 Å². The third kappa shape index (κ3) is 2.30. The Hall–Kier alpha value is -0.840. The second kappa shape index (κ2) is 5.01. The first-order valence-electron chi connectivity index (χ1n) is 3.40. The second-order valence-electron chi connectivity index (χ2n) is 2.24. The van der Waals surface area contributed by atoms with Gasteiger partial charge in [0.25, 0.3) is 0 Å². The molecule has 0 saturated carbocycles. The Kier molecular flexibility index (Phi) is 4.69. The predicted octanol–water partition coefficient (Wildman–Crippen LogP) is 1.03. The SMILES string of the molecule is Cl.Cl.NCc1nc2ccccn2n1. The summed E-state index contributed by atoms with van der Waals surface area (Å²) >= 11 is 0. The highest BCUT2D eigenvalue weighted by atomic mass is 35.5. The zero-order chi connectivity index (χ0) is 7.68. The number of fused-ring (bicyclic) bond motifs is 1. The van der Waals surface area contributed by atoms with Gasteiger partial charge in [-0.25, -0.2) is 9.50 Å². The summed E-state index contributed by atoms with van der Waals surface area (Å²) < 4.78 is 1.71. The topological polar surface area (TPSA) is 56.2 Å². The van der Waals surface area contributed by atoms with Gasteiger partial charge < -0.3 is 5.73 Å². The zero-order valence-electron chi connectivity index (χ0n) is 6.75. The highest BCUT2D eigenvalue weighted by molar-refractivity contribution is 5.85. The number of pyridine rings is 1. The molecule has 2 heterocycles. The van der Waals surface area contributed by atoms with Gasteiger partial charge in [0, 0.05) is 6.20 Å². The summed E-state index contributed by atoms with van der Waals surface area (Å²) in [6.45, 7) is 0.391. The monoisotopic (exact) mass is 220 g/mol. The van der Waals surface area contributed by atoms with Crippen LogP contribution in [0.15, 0.2) is 24.4 Å². The van der Waals surface area contributed by atoms with Gasteiger partial charge in [0.15, 0.2) is 11.5 Å². The van der Waals surface area contributed by atoms with Crippen molar-refractivity contribution >= 4 is 30.5 Å². The summed E-state index contributed by atoms with van der Waals surface area (Å²) in [5.74, 6) is 0.677. The average molecular weight is 221 g/mol. The van der Waals surface area contributed by atoms with Gasteiger partial charge in [-0.2, -0.15) is 0 Å². The molecule has 0 bridgehead atoms. The van der Waals surface area contributed by atoms with Crippen molar-refractivity contribution in [2.45, 2.75) is 6.54 Å². The van der Waals surface area contributed by atoms with E-state index in [0.717, 1.165) is 5.65 Å². The second-order valence-corrected chi connectivity index (χ2v) is 2.24. The molecule has 2 aromatic rings. The Labute approximate surface area is 88.0 Å². The van der Waals surface area contributed by atoms with Crippen molar-refractivity contribution in [1.82, 2.24) is 14.6 Å². The summed E-state index contributed by atoms with van der Waals surface area (Å²) in [5.41, 5.74) is 6.22. The largest absolute Gasteiger partial charge is 0.324 e. The van der Waals surface area contributed by atoms with Crippen LogP contribution in [0.5, 0.6) is 0 Å². The Morgan fingerprint density at radius 3 is 2.69 bits per heavy atom. The summed E-state index contributed by atoms with van der Waals surface area (Å²) in [6, 6.07) is 5.72. The van der Waals surface area contributed by atoms with Crippen LogP contribution in [0, 0.1) is 0 Å². The van der Waals surface area contributed by atoms with Gasteiger partial charge in [-0.1, -0.05) is 6.07 Å². The van der Waals surface area contributed by atoms with E-state index in [2.05, 4.69) is 10.1 Å². The van der Waals surface area contributed by atoms with Crippen molar-refractivity contribution in [3.05, 3.63) is 30.2 Å². The third-order valence-electron chi connectivity index (χ3n) is 1.47. The van der Waals surface area contributed by atoms with E-state index in [1.54, 1.807) is 4.52 Å². The lowest BCUT2D eigenvalue weighted by Gasteiger charge is -1.84. The molecule has 0 aliphatic heterocycles. The summed E-state index contributed by atoms with van der Waals surface area (Å²) in [7, 11) is 0. The van der Waals surface area contributed by atoms with Crippen molar-refractivity contribution in [1.29, 1.82) is 0 Å². The van der Waals surface area contributed by atoms with Crippen molar-refractivity contribution in [3.8, 4) is 0 Å². The molecule has 0 atom stereocenters. The van der Waals surface area contributed by atoms with E-state index in [4.69, 9.17) is 5.73 Å². The molecular formula is C7H10Cl2N4. The van der Waals surface area contributed by atoms with E-state index in [-0.39, 0.29) is 24.8 Å². The number of aromatic nitrogens is 3. The highest BCUT2D eigenvalue weighted by Crippen LogP contribution is 1.98. The number of rotatable bonds is 1. The molecule has 13 heavy (non-hydrogen) atoms. The molecule has 72 valence electrons. The maximum Gasteiger partial charge on any atom is 0.165 e. The van der Waals surface area contributed by atoms with E-state index in [1.807, 2.05) is 24.4 Å². The molecule has 0 amide bonds. The van der Waals surface area contributed by atoms with Crippen LogP contribution in [-0.4, -0.2) is 14.6 Å². The van der Waals surface area contributed by atoms with Crippen LogP contribution in [-0.2, 0) is 6.54 Å². The minimum atomic E-state index is 0. The van der Waals surface area contributed by atoms with Crippen LogP contribution in [0.25, 0.3) is 5.65 Å². The number of halogens is 2. The third-order valence-corrected chi connectivity index (χ3v) is 1.47. The Bertz CT molecular complexity index is 340. The fourth-order valence-corrected chi connectivity index (χ4v) is 0.964. The lowest BCUT2D eigenvalue weighted by atomic mass is 10.5. The molecule has 2 aromatic heterocycles. The molecule has 4 nitrogen and oxygen atoms in total. The molecule has 0 fully saturated rings. The van der Waals surface area contributed by atoms with Crippen LogP contribution in [0.3, 0.4) is 0 Å². The first kappa shape index (κ1) is 12.2. The minimum absolute atomic E-state index is 0. The summed E-state index contributed by atoms with van der Waals surface area (Å²) in [5, 5.41) is 4.11. The summed E-state index contributed by atoms with van der Waals surface area (Å²) in [6.07, 6.45) is 1.85. The van der Waals surface area contributed by atoms with E-state index >= 15 is 0 Å². The van der Waals surface area contributed by atoms with Gasteiger partial charge in [-0.3, -0.25) is 0 Å². The van der Waals surface area contributed by atoms with Gasteiger partial charge in [-0.15, -0.1) is 29.9 Å². The van der Waals surface area contributed by atoms with Gasteiger partial charge in [0.1, 0.15) is 0 Å². The molecule has 0 unspecified atom stereocenters. The van der Waals surface area contributed by atoms with Crippen LogP contribution in [0.1, 0.15) is 5.82 Å². The molecule has 0 saturated heterocycles. The van der Waals surface area contributed by atoms with Crippen molar-refractivity contribution in [3.63, 3.8) is 0 Å². The molecule has 2 rings (SSSR count). The Balaban J connectivity index is 0.000000720. The maximum absolute atomic E-state index is 5.38. The molecule has 2 N–H and O–H groups in total. The van der Waals surface area contributed by atoms with E-state index < -0.39 is 0 Å². The number of nitrogens with two attached hydrogens (primary N) is 1. The molecule has 0 aliphatic carbocycles. The normalized spacial score (nSPS) is 9.00. The molecule has 0 aliphatic rings. The highest BCUT2D eigenvalue weighted by Gasteiger charge is 1.97. The fraction of sp³-hybridized carbons (Fsp3) is 0.143. The van der Waals surface area contributed by atoms with Gasteiger partial charge >= 0.3 is 0 Å². The van der Waals surface area contributed by atoms with Crippen LogP contribution in [0.4, 0.5) is 0 Å². The van der Waals surface area contributed by atoms with Crippen LogP contribution in [0.2, 0.25) is 0 Å². The Morgan fingerprint density at radius 1 is 1.31 bits per heavy atom. The van der Waals surface area contributed by atoms with Crippen LogP contribution < -0.4 is 5.73 Å². The zero-order valence-corrected chi connectivity index (χ0v) is 8.38. The molecule has 6 heteroatoms. The van der Waals surface area contributed by atoms with Crippen molar-refractivity contribution in [2.75, 3.05) is 0 Å². The molecular weight excluding hydrogens is 211 g/mol. The maximum atomic E-state index is 5.38. The minimum Gasteiger partial charge on any atom is -0.324 e.